The van der Waals surface area contributed by atoms with E-state index in [9.17, 15) is 4.79 Å². The van der Waals surface area contributed by atoms with Crippen molar-refractivity contribution in [2.75, 3.05) is 25.0 Å². The van der Waals surface area contributed by atoms with E-state index >= 15 is 0 Å². The van der Waals surface area contributed by atoms with Gasteiger partial charge in [-0.25, -0.2) is 9.78 Å². The molecule has 6 heteroatoms. The van der Waals surface area contributed by atoms with Gasteiger partial charge in [0, 0.05) is 25.2 Å². The molecule has 0 radical (unpaired) electrons. The summed E-state index contributed by atoms with van der Waals surface area (Å²) in [7, 11) is 0. The Bertz CT molecular complexity index is 548. The predicted octanol–water partition coefficient (Wildman–Crippen LogP) is 1.60. The van der Waals surface area contributed by atoms with Crippen LogP contribution in [0.2, 0.25) is 0 Å². The fraction of sp³-hybridized carbons (Fsp3) is 0.625. The van der Waals surface area contributed by atoms with Gasteiger partial charge < -0.3 is 20.3 Å². The van der Waals surface area contributed by atoms with Gasteiger partial charge in [-0.05, 0) is 31.4 Å². The number of hydrogen-bond donors (Lipinski definition) is 2. The lowest BCUT2D eigenvalue weighted by Crippen LogP contribution is -2.42. The average Bonchev–Trinajstić information content (AvgIpc) is 3.11. The topological polar surface area (TPSA) is 66.5 Å². The van der Waals surface area contributed by atoms with Gasteiger partial charge in [-0.3, -0.25) is 0 Å². The second kappa shape index (κ2) is 5.43. The third-order valence-corrected chi connectivity index (χ3v) is 4.73. The van der Waals surface area contributed by atoms with Crippen LogP contribution in [0.25, 0.3) is 0 Å². The Morgan fingerprint density at radius 3 is 3.05 bits per heavy atom. The summed E-state index contributed by atoms with van der Waals surface area (Å²) in [6, 6.07) is 6.60. The van der Waals surface area contributed by atoms with Crippen molar-refractivity contribution in [2.45, 2.75) is 43.4 Å². The lowest BCUT2D eigenvalue weighted by molar-refractivity contribution is 0.0150. The van der Waals surface area contributed by atoms with Crippen LogP contribution in [0.15, 0.2) is 24.4 Å². The van der Waals surface area contributed by atoms with Crippen LogP contribution >= 0.6 is 0 Å². The smallest absolute Gasteiger partial charge is 0.317 e. The Kier molecular flexibility index (Phi) is 3.41. The summed E-state index contributed by atoms with van der Waals surface area (Å²) in [5.41, 5.74) is -0.173. The molecule has 22 heavy (non-hydrogen) atoms. The van der Waals surface area contributed by atoms with Crippen molar-refractivity contribution in [2.24, 2.45) is 0 Å². The monoisotopic (exact) mass is 302 g/mol. The van der Waals surface area contributed by atoms with Crippen molar-refractivity contribution in [3.05, 3.63) is 24.4 Å². The van der Waals surface area contributed by atoms with E-state index in [1.165, 1.54) is 0 Å². The molecular weight excluding hydrogens is 280 g/mol. The number of nitrogens with zero attached hydrogens (tertiary/aromatic N) is 2. The van der Waals surface area contributed by atoms with Crippen molar-refractivity contribution in [1.29, 1.82) is 0 Å². The van der Waals surface area contributed by atoms with Gasteiger partial charge in [-0.2, -0.15) is 0 Å². The molecule has 0 aromatic carbocycles. The molecule has 1 aromatic heterocycles. The van der Waals surface area contributed by atoms with Crippen LogP contribution in [0.1, 0.15) is 25.7 Å². The summed E-state index contributed by atoms with van der Waals surface area (Å²) in [5.74, 6) is 0.884. The molecule has 1 spiro atoms. The van der Waals surface area contributed by atoms with Crippen molar-refractivity contribution in [1.82, 2.24) is 15.2 Å². The number of amides is 2. The van der Waals surface area contributed by atoms with Gasteiger partial charge in [0.1, 0.15) is 5.82 Å². The number of ether oxygens (including phenoxy) is 1. The number of carbonyl (C=O) groups is 1. The molecule has 2 atom stereocenters. The van der Waals surface area contributed by atoms with Crippen LogP contribution < -0.4 is 10.6 Å². The van der Waals surface area contributed by atoms with E-state index in [-0.39, 0.29) is 17.7 Å². The number of anilines is 1. The largest absolute Gasteiger partial charge is 0.371 e. The van der Waals surface area contributed by atoms with E-state index < -0.39 is 0 Å². The lowest BCUT2D eigenvalue weighted by atomic mass is 9.97. The van der Waals surface area contributed by atoms with Gasteiger partial charge in [-0.1, -0.05) is 6.07 Å². The Morgan fingerprint density at radius 1 is 1.36 bits per heavy atom. The first-order valence-corrected chi connectivity index (χ1v) is 8.09. The third kappa shape index (κ3) is 2.88. The van der Waals surface area contributed by atoms with Crippen LogP contribution in [0.4, 0.5) is 10.6 Å². The molecule has 0 unspecified atom stereocenters. The zero-order chi connectivity index (χ0) is 15.0. The molecule has 118 valence electrons. The van der Waals surface area contributed by atoms with Crippen LogP contribution in [0.5, 0.6) is 0 Å². The van der Waals surface area contributed by atoms with Gasteiger partial charge in [0.2, 0.25) is 0 Å². The van der Waals surface area contributed by atoms with E-state index in [0.717, 1.165) is 38.0 Å². The minimum atomic E-state index is -0.173. The first kappa shape index (κ1) is 13.8. The van der Waals surface area contributed by atoms with Crippen molar-refractivity contribution >= 4 is 11.8 Å². The second-order valence-electron chi connectivity index (χ2n) is 6.65. The predicted molar refractivity (Wildman–Crippen MR) is 82.7 cm³/mol. The third-order valence-electron chi connectivity index (χ3n) is 4.73. The van der Waals surface area contributed by atoms with E-state index in [1.54, 1.807) is 6.20 Å². The molecule has 1 saturated carbocycles. The summed E-state index contributed by atoms with van der Waals surface area (Å²) >= 11 is 0. The maximum atomic E-state index is 12.1. The van der Waals surface area contributed by atoms with Gasteiger partial charge >= 0.3 is 6.03 Å². The second-order valence-corrected chi connectivity index (χ2v) is 6.65. The van der Waals surface area contributed by atoms with Gasteiger partial charge in [0.15, 0.2) is 0 Å². The fourth-order valence-electron chi connectivity index (χ4n) is 3.39. The zero-order valence-electron chi connectivity index (χ0n) is 12.6. The molecule has 0 bridgehead atoms. The van der Waals surface area contributed by atoms with E-state index in [0.29, 0.717) is 19.2 Å². The van der Waals surface area contributed by atoms with Crippen LogP contribution in [0, 0.1) is 0 Å². The van der Waals surface area contributed by atoms with Gasteiger partial charge in [0.05, 0.1) is 24.8 Å². The summed E-state index contributed by atoms with van der Waals surface area (Å²) in [4.78, 5) is 18.3. The van der Waals surface area contributed by atoms with Crippen LogP contribution in [0.3, 0.4) is 0 Å². The Balaban J connectivity index is 1.33. The molecule has 1 aromatic rings. The first-order valence-electron chi connectivity index (χ1n) is 8.09. The maximum absolute atomic E-state index is 12.1. The van der Waals surface area contributed by atoms with Gasteiger partial charge in [0.25, 0.3) is 0 Å². The number of aromatic nitrogens is 1. The lowest BCUT2D eigenvalue weighted by Gasteiger charge is -2.23. The number of rotatable bonds is 3. The highest BCUT2D eigenvalue weighted by molar-refractivity contribution is 5.75. The number of nitrogens with one attached hydrogen (secondary N) is 2. The van der Waals surface area contributed by atoms with E-state index in [1.807, 2.05) is 23.1 Å². The molecule has 3 heterocycles. The number of likely N-dealkylation sites (tertiary alicyclic amines) is 1. The molecule has 3 fully saturated rings. The summed E-state index contributed by atoms with van der Waals surface area (Å²) < 4.78 is 6.08. The highest BCUT2D eigenvalue weighted by atomic mass is 16.5. The molecule has 3 aliphatic rings. The van der Waals surface area contributed by atoms with E-state index in [4.69, 9.17) is 4.74 Å². The Labute approximate surface area is 130 Å². The van der Waals surface area contributed by atoms with Crippen LogP contribution in [-0.2, 0) is 4.74 Å². The molecule has 4 rings (SSSR count). The Hall–Kier alpha value is -1.82. The summed E-state index contributed by atoms with van der Waals surface area (Å²) in [5, 5.41) is 6.48. The quantitative estimate of drug-likeness (QED) is 0.890. The number of pyridine rings is 1. The van der Waals surface area contributed by atoms with Crippen molar-refractivity contribution in [3.63, 3.8) is 0 Å². The molecule has 2 aliphatic heterocycles. The minimum absolute atomic E-state index is 0.0733. The number of hydrogen-bond acceptors (Lipinski definition) is 4. The molecule has 6 nitrogen and oxygen atoms in total. The van der Waals surface area contributed by atoms with Crippen LogP contribution in [-0.4, -0.2) is 53.3 Å². The summed E-state index contributed by atoms with van der Waals surface area (Å²) in [6.45, 7) is 2.16. The molecular formula is C16H22N4O2. The minimum Gasteiger partial charge on any atom is -0.371 e. The molecule has 2 saturated heterocycles. The standard InChI is InChI=1S/C16H22N4O2/c21-15(19-12-4-5-12)20-8-6-16(11-20)9-13(10-22-16)18-14-3-1-2-7-17-14/h1-3,7,12-13H,4-6,8-11H2,(H,17,18)(H,19,21)/t13-,16-/m0/s1. The van der Waals surface area contributed by atoms with Gasteiger partial charge in [-0.15, -0.1) is 0 Å². The maximum Gasteiger partial charge on any atom is 0.317 e. The number of carbonyl (C=O) groups excluding carboxylic acids is 1. The first-order chi connectivity index (χ1) is 10.7. The zero-order valence-corrected chi connectivity index (χ0v) is 12.6. The van der Waals surface area contributed by atoms with E-state index in [2.05, 4.69) is 15.6 Å². The van der Waals surface area contributed by atoms with Crippen molar-refractivity contribution < 1.29 is 9.53 Å². The SMILES string of the molecule is O=C(NC1CC1)N1CC[C@]2(C[C@H](Nc3ccccn3)CO2)C1. The summed E-state index contributed by atoms with van der Waals surface area (Å²) in [6.07, 6.45) is 5.88. The highest BCUT2D eigenvalue weighted by Crippen LogP contribution is 2.36. The average molecular weight is 302 g/mol. The van der Waals surface area contributed by atoms with Crippen molar-refractivity contribution in [3.8, 4) is 0 Å². The normalized spacial score (nSPS) is 30.7. The fourth-order valence-corrected chi connectivity index (χ4v) is 3.39. The molecule has 1 aliphatic carbocycles. The Morgan fingerprint density at radius 2 is 2.27 bits per heavy atom. The molecule has 2 N–H and O–H groups in total. The molecule has 2 amide bonds. The highest BCUT2D eigenvalue weighted by Gasteiger charge is 2.47. The number of urea groups is 1.